The van der Waals surface area contributed by atoms with E-state index >= 15 is 0 Å². The molecule has 4 heteroatoms. The van der Waals surface area contributed by atoms with Gasteiger partial charge in [0, 0.05) is 25.8 Å². The lowest BCUT2D eigenvalue weighted by Crippen LogP contribution is -2.18. The second-order valence-electron chi connectivity index (χ2n) is 5.44. The molecular weight excluding hydrogens is 287 g/mol. The number of anilines is 2. The van der Waals surface area contributed by atoms with E-state index in [4.69, 9.17) is 11.6 Å². The lowest BCUT2D eigenvalue weighted by atomic mass is 10.1. The third-order valence-corrected chi connectivity index (χ3v) is 3.58. The Kier molecular flexibility index (Phi) is 5.07. The average Bonchev–Trinajstić information content (AvgIpc) is 2.38. The summed E-state index contributed by atoms with van der Waals surface area (Å²) in [6.07, 6.45) is 0.755. The number of rotatable bonds is 5. The van der Waals surface area contributed by atoms with Gasteiger partial charge < -0.3 is 10.2 Å². The molecule has 0 saturated carbocycles. The van der Waals surface area contributed by atoms with Gasteiger partial charge in [-0.2, -0.15) is 0 Å². The van der Waals surface area contributed by atoms with Crippen molar-refractivity contribution in [3.8, 4) is 0 Å². The maximum Gasteiger partial charge on any atom is 0.123 e. The van der Waals surface area contributed by atoms with Crippen LogP contribution in [0, 0.1) is 5.82 Å². The van der Waals surface area contributed by atoms with Crippen LogP contribution < -0.4 is 10.2 Å². The smallest absolute Gasteiger partial charge is 0.123 e. The van der Waals surface area contributed by atoms with Gasteiger partial charge in [0.15, 0.2) is 0 Å². The Labute approximate surface area is 130 Å². The summed E-state index contributed by atoms with van der Waals surface area (Å²) in [5, 5.41) is 4.10. The Morgan fingerprint density at radius 2 is 1.95 bits per heavy atom. The number of hydrogen-bond donors (Lipinski definition) is 1. The fraction of sp³-hybridized carbons (Fsp3) is 0.294. The van der Waals surface area contributed by atoms with Crippen LogP contribution in [0.15, 0.2) is 42.5 Å². The molecule has 1 N–H and O–H groups in total. The first-order valence-electron chi connectivity index (χ1n) is 6.93. The molecule has 0 spiro atoms. The fourth-order valence-electron chi connectivity index (χ4n) is 2.31. The molecule has 0 bridgehead atoms. The summed E-state index contributed by atoms with van der Waals surface area (Å²) in [5.74, 6) is -0.196. The predicted octanol–water partition coefficient (Wildman–Crippen LogP) is 4.59. The minimum Gasteiger partial charge on any atom is -0.382 e. The normalized spacial score (nSPS) is 12.0. The van der Waals surface area contributed by atoms with E-state index in [2.05, 4.69) is 12.2 Å². The number of benzene rings is 2. The van der Waals surface area contributed by atoms with Gasteiger partial charge in [-0.3, -0.25) is 0 Å². The first-order valence-corrected chi connectivity index (χ1v) is 7.31. The van der Waals surface area contributed by atoms with Crippen LogP contribution in [-0.4, -0.2) is 20.1 Å². The maximum absolute atomic E-state index is 13.2. The second-order valence-corrected chi connectivity index (χ2v) is 5.85. The summed E-state index contributed by atoms with van der Waals surface area (Å²) in [6.45, 7) is 2.07. The molecule has 0 aromatic heterocycles. The van der Waals surface area contributed by atoms with E-state index in [0.29, 0.717) is 5.02 Å². The van der Waals surface area contributed by atoms with Crippen molar-refractivity contribution in [2.75, 3.05) is 24.3 Å². The third-order valence-electron chi connectivity index (χ3n) is 3.27. The Morgan fingerprint density at radius 3 is 2.57 bits per heavy atom. The molecule has 0 aliphatic carbocycles. The Morgan fingerprint density at radius 1 is 1.19 bits per heavy atom. The van der Waals surface area contributed by atoms with Crippen molar-refractivity contribution < 1.29 is 4.39 Å². The molecule has 0 amide bonds. The van der Waals surface area contributed by atoms with Gasteiger partial charge in [-0.05, 0) is 49.2 Å². The molecule has 2 nitrogen and oxygen atoms in total. The zero-order chi connectivity index (χ0) is 15.4. The van der Waals surface area contributed by atoms with Crippen LogP contribution in [0.3, 0.4) is 0 Å². The summed E-state index contributed by atoms with van der Waals surface area (Å²) in [7, 11) is 3.92. The van der Waals surface area contributed by atoms with Crippen LogP contribution in [0.4, 0.5) is 15.8 Å². The molecule has 0 aliphatic rings. The minimum atomic E-state index is -0.196. The fourth-order valence-corrected chi connectivity index (χ4v) is 2.66. The first kappa shape index (κ1) is 15.6. The van der Waals surface area contributed by atoms with E-state index in [0.717, 1.165) is 23.4 Å². The van der Waals surface area contributed by atoms with Crippen molar-refractivity contribution in [1.29, 1.82) is 0 Å². The Hall–Kier alpha value is -1.74. The number of nitrogens with one attached hydrogen (secondary N) is 1. The monoisotopic (exact) mass is 306 g/mol. The minimum absolute atomic E-state index is 0.188. The van der Waals surface area contributed by atoms with Crippen molar-refractivity contribution in [3.63, 3.8) is 0 Å². The molecule has 1 unspecified atom stereocenters. The van der Waals surface area contributed by atoms with Crippen LogP contribution in [-0.2, 0) is 6.42 Å². The summed E-state index contributed by atoms with van der Waals surface area (Å²) in [4.78, 5) is 1.97. The Balaban J connectivity index is 2.02. The standard InChI is InChI=1S/C17H20ClFN2/c1-12(9-13-5-4-6-14(19)10-13)20-15-7-8-17(21(2)3)16(18)11-15/h4-8,10-12,20H,9H2,1-3H3. The van der Waals surface area contributed by atoms with E-state index in [-0.39, 0.29) is 11.9 Å². The van der Waals surface area contributed by atoms with Crippen LogP contribution in [0.5, 0.6) is 0 Å². The van der Waals surface area contributed by atoms with Crippen molar-refractivity contribution in [2.24, 2.45) is 0 Å². The van der Waals surface area contributed by atoms with E-state index in [1.807, 2.05) is 43.3 Å². The third kappa shape index (κ3) is 4.36. The van der Waals surface area contributed by atoms with Gasteiger partial charge in [0.05, 0.1) is 10.7 Å². The van der Waals surface area contributed by atoms with E-state index in [1.165, 1.54) is 6.07 Å². The van der Waals surface area contributed by atoms with Crippen molar-refractivity contribution in [1.82, 2.24) is 0 Å². The average molecular weight is 307 g/mol. The van der Waals surface area contributed by atoms with Crippen LogP contribution >= 0.6 is 11.6 Å². The molecule has 2 aromatic carbocycles. The highest BCUT2D eigenvalue weighted by Gasteiger charge is 2.07. The van der Waals surface area contributed by atoms with Crippen LogP contribution in [0.25, 0.3) is 0 Å². The maximum atomic E-state index is 13.2. The number of nitrogens with zero attached hydrogens (tertiary/aromatic N) is 1. The topological polar surface area (TPSA) is 15.3 Å². The van der Waals surface area contributed by atoms with Crippen molar-refractivity contribution >= 4 is 23.0 Å². The number of hydrogen-bond acceptors (Lipinski definition) is 2. The summed E-state index contributed by atoms with van der Waals surface area (Å²) in [6, 6.07) is 12.8. The van der Waals surface area contributed by atoms with E-state index in [1.54, 1.807) is 12.1 Å². The van der Waals surface area contributed by atoms with Crippen molar-refractivity contribution in [2.45, 2.75) is 19.4 Å². The summed E-state index contributed by atoms with van der Waals surface area (Å²) >= 11 is 6.26. The molecule has 112 valence electrons. The molecule has 0 fully saturated rings. The summed E-state index contributed by atoms with van der Waals surface area (Å²) < 4.78 is 13.2. The molecule has 1 atom stereocenters. The lowest BCUT2D eigenvalue weighted by molar-refractivity contribution is 0.624. The highest BCUT2D eigenvalue weighted by molar-refractivity contribution is 6.33. The van der Waals surface area contributed by atoms with Gasteiger partial charge in [0.1, 0.15) is 5.82 Å². The quantitative estimate of drug-likeness (QED) is 0.869. The van der Waals surface area contributed by atoms with Gasteiger partial charge in [-0.15, -0.1) is 0 Å². The molecule has 0 saturated heterocycles. The molecule has 2 aromatic rings. The van der Waals surface area contributed by atoms with Gasteiger partial charge in [-0.25, -0.2) is 4.39 Å². The Bertz CT molecular complexity index is 613. The second kappa shape index (κ2) is 6.81. The molecule has 21 heavy (non-hydrogen) atoms. The van der Waals surface area contributed by atoms with Crippen LogP contribution in [0.2, 0.25) is 5.02 Å². The molecule has 0 aliphatic heterocycles. The highest BCUT2D eigenvalue weighted by atomic mass is 35.5. The zero-order valence-corrected chi connectivity index (χ0v) is 13.3. The first-order chi connectivity index (χ1) is 9.95. The van der Waals surface area contributed by atoms with Gasteiger partial charge in [-0.1, -0.05) is 23.7 Å². The highest BCUT2D eigenvalue weighted by Crippen LogP contribution is 2.27. The van der Waals surface area contributed by atoms with Gasteiger partial charge >= 0.3 is 0 Å². The molecule has 0 radical (unpaired) electrons. The van der Waals surface area contributed by atoms with Crippen LogP contribution in [0.1, 0.15) is 12.5 Å². The largest absolute Gasteiger partial charge is 0.382 e. The number of halogens is 2. The predicted molar refractivity (Wildman–Crippen MR) is 89.0 cm³/mol. The SMILES string of the molecule is CC(Cc1cccc(F)c1)Nc1ccc(N(C)C)c(Cl)c1. The summed E-state index contributed by atoms with van der Waals surface area (Å²) in [5.41, 5.74) is 2.93. The molecule has 0 heterocycles. The zero-order valence-electron chi connectivity index (χ0n) is 12.5. The van der Waals surface area contributed by atoms with Crippen molar-refractivity contribution in [3.05, 3.63) is 58.9 Å². The van der Waals surface area contributed by atoms with E-state index < -0.39 is 0 Å². The van der Waals surface area contributed by atoms with Gasteiger partial charge in [0.2, 0.25) is 0 Å². The molecule has 2 rings (SSSR count). The lowest BCUT2D eigenvalue weighted by Gasteiger charge is -2.18. The van der Waals surface area contributed by atoms with E-state index in [9.17, 15) is 4.39 Å². The van der Waals surface area contributed by atoms with Gasteiger partial charge in [0.25, 0.3) is 0 Å². The molecular formula is C17H20ClFN2.